The van der Waals surface area contributed by atoms with Crippen molar-refractivity contribution in [2.24, 2.45) is 5.92 Å². The second kappa shape index (κ2) is 8.14. The molecule has 3 amide bonds. The van der Waals surface area contributed by atoms with Crippen LogP contribution in [0, 0.1) is 12.8 Å². The van der Waals surface area contributed by atoms with Gasteiger partial charge in [0, 0.05) is 11.6 Å². The van der Waals surface area contributed by atoms with Gasteiger partial charge in [0.2, 0.25) is 5.91 Å². The van der Waals surface area contributed by atoms with Gasteiger partial charge in [-0.25, -0.2) is 14.8 Å². The third kappa shape index (κ3) is 4.70. The van der Waals surface area contributed by atoms with Crippen molar-refractivity contribution in [2.75, 3.05) is 5.32 Å². The maximum absolute atomic E-state index is 12.0. The first-order valence-corrected chi connectivity index (χ1v) is 8.77. The summed E-state index contributed by atoms with van der Waals surface area (Å²) in [5.74, 6) is 0.287. The van der Waals surface area contributed by atoms with Gasteiger partial charge in [0.05, 0.1) is 17.4 Å². The maximum Gasteiger partial charge on any atom is 0.325 e. The lowest BCUT2D eigenvalue weighted by atomic mass is 10.1. The van der Waals surface area contributed by atoms with Crippen molar-refractivity contribution in [1.29, 1.82) is 0 Å². The number of aromatic nitrogens is 2. The second-order valence-corrected chi connectivity index (χ2v) is 6.63. The van der Waals surface area contributed by atoms with Crippen molar-refractivity contribution in [3.63, 3.8) is 0 Å². The number of imide groups is 1. The quantitative estimate of drug-likeness (QED) is 0.841. The number of ether oxygens (including phenoxy) is 1. The Kier molecular flexibility index (Phi) is 5.68. The zero-order valence-electron chi connectivity index (χ0n) is 14.3. The van der Waals surface area contributed by atoms with Crippen LogP contribution >= 0.6 is 11.6 Å². The summed E-state index contributed by atoms with van der Waals surface area (Å²) in [6.45, 7) is 1.83. The third-order valence-corrected chi connectivity index (χ3v) is 4.39. The number of aryl methyl sites for hydroxylation is 1. The smallest absolute Gasteiger partial charge is 0.325 e. The first-order valence-electron chi connectivity index (χ1n) is 8.39. The number of halogens is 1. The monoisotopic (exact) mass is 374 g/mol. The van der Waals surface area contributed by atoms with Gasteiger partial charge in [-0.15, -0.1) is 0 Å². The van der Waals surface area contributed by atoms with Crippen LogP contribution in [0.2, 0.25) is 5.02 Å². The molecule has 7 nitrogen and oxygen atoms in total. The predicted molar refractivity (Wildman–Crippen MR) is 97.4 cm³/mol. The molecule has 2 aromatic rings. The Bertz CT molecular complexity index is 805. The highest BCUT2D eigenvalue weighted by atomic mass is 35.5. The van der Waals surface area contributed by atoms with E-state index in [0.717, 1.165) is 31.2 Å². The van der Waals surface area contributed by atoms with Crippen LogP contribution in [0.15, 0.2) is 30.6 Å². The molecule has 3 rings (SSSR count). The lowest BCUT2D eigenvalue weighted by molar-refractivity contribution is -0.123. The van der Waals surface area contributed by atoms with Gasteiger partial charge in [0.25, 0.3) is 0 Å². The van der Waals surface area contributed by atoms with Gasteiger partial charge < -0.3 is 10.1 Å². The summed E-state index contributed by atoms with van der Waals surface area (Å²) in [6, 6.07) is 4.76. The molecule has 0 saturated heterocycles. The number of hydrogen-bond donors (Lipinski definition) is 2. The number of carbonyl (C=O) groups is 2. The molecule has 1 aromatic heterocycles. The highest BCUT2D eigenvalue weighted by Gasteiger charge is 2.24. The molecule has 0 radical (unpaired) electrons. The first-order chi connectivity index (χ1) is 12.5. The van der Waals surface area contributed by atoms with Crippen molar-refractivity contribution in [3.8, 4) is 11.8 Å². The van der Waals surface area contributed by atoms with Crippen LogP contribution in [0.25, 0.3) is 0 Å². The van der Waals surface area contributed by atoms with Gasteiger partial charge in [0.1, 0.15) is 5.75 Å². The molecular formula is C18H19ClN4O3. The SMILES string of the molecule is Cc1cc(NC(=O)NC(=O)C2CCCC2)ccc1Oc1ncc(Cl)cn1. The van der Waals surface area contributed by atoms with Crippen LogP contribution in [0.4, 0.5) is 10.5 Å². The van der Waals surface area contributed by atoms with E-state index in [1.807, 2.05) is 6.92 Å². The van der Waals surface area contributed by atoms with Gasteiger partial charge in [0.15, 0.2) is 0 Å². The fourth-order valence-corrected chi connectivity index (χ4v) is 2.96. The number of hydrogen-bond acceptors (Lipinski definition) is 5. The Morgan fingerprint density at radius 1 is 1.19 bits per heavy atom. The van der Waals surface area contributed by atoms with Crippen LogP contribution in [0.3, 0.4) is 0 Å². The molecule has 0 spiro atoms. The minimum absolute atomic E-state index is 0.0577. The number of anilines is 1. The summed E-state index contributed by atoms with van der Waals surface area (Å²) >= 11 is 5.74. The Hall–Kier alpha value is -2.67. The van der Waals surface area contributed by atoms with Crippen molar-refractivity contribution in [2.45, 2.75) is 32.6 Å². The van der Waals surface area contributed by atoms with Crippen molar-refractivity contribution in [3.05, 3.63) is 41.2 Å². The number of nitrogens with zero attached hydrogens (tertiary/aromatic N) is 2. The van der Waals surface area contributed by atoms with Crippen LogP contribution in [0.5, 0.6) is 11.8 Å². The number of amides is 3. The lowest BCUT2D eigenvalue weighted by Crippen LogP contribution is -2.37. The molecule has 1 saturated carbocycles. The van der Waals surface area contributed by atoms with Gasteiger partial charge in [-0.05, 0) is 43.5 Å². The van der Waals surface area contributed by atoms with Gasteiger partial charge in [-0.3, -0.25) is 10.1 Å². The summed E-state index contributed by atoms with van der Waals surface area (Å²) in [5.41, 5.74) is 1.34. The number of benzene rings is 1. The van der Waals surface area contributed by atoms with Crippen LogP contribution < -0.4 is 15.4 Å². The fourth-order valence-electron chi connectivity index (χ4n) is 2.86. The second-order valence-electron chi connectivity index (χ2n) is 6.19. The predicted octanol–water partition coefficient (Wildman–Crippen LogP) is 4.07. The Labute approximate surface area is 156 Å². The normalized spacial score (nSPS) is 14.1. The Morgan fingerprint density at radius 2 is 1.88 bits per heavy atom. The van der Waals surface area contributed by atoms with E-state index in [4.69, 9.17) is 16.3 Å². The summed E-state index contributed by atoms with van der Waals surface area (Å²) in [5, 5.41) is 5.48. The van der Waals surface area contributed by atoms with Crippen molar-refractivity contribution < 1.29 is 14.3 Å². The molecule has 1 aliphatic carbocycles. The van der Waals surface area contributed by atoms with E-state index in [0.29, 0.717) is 16.5 Å². The number of carbonyl (C=O) groups excluding carboxylic acids is 2. The first kappa shape index (κ1) is 18.1. The summed E-state index contributed by atoms with van der Waals surface area (Å²) in [4.78, 5) is 31.9. The lowest BCUT2D eigenvalue weighted by Gasteiger charge is -2.12. The largest absolute Gasteiger partial charge is 0.424 e. The van der Waals surface area contributed by atoms with Gasteiger partial charge in [-0.1, -0.05) is 24.4 Å². The van der Waals surface area contributed by atoms with Gasteiger partial charge in [-0.2, -0.15) is 0 Å². The molecule has 1 aliphatic rings. The van der Waals surface area contributed by atoms with Crippen molar-refractivity contribution >= 4 is 29.2 Å². The topological polar surface area (TPSA) is 93.2 Å². The van der Waals surface area contributed by atoms with Crippen LogP contribution in [-0.2, 0) is 4.79 Å². The summed E-state index contributed by atoms with van der Waals surface area (Å²) < 4.78 is 5.59. The van der Waals surface area contributed by atoms with E-state index >= 15 is 0 Å². The molecule has 26 heavy (non-hydrogen) atoms. The van der Waals surface area contributed by atoms with E-state index in [2.05, 4.69) is 20.6 Å². The molecule has 1 fully saturated rings. The van der Waals surface area contributed by atoms with Crippen molar-refractivity contribution in [1.82, 2.24) is 15.3 Å². The summed E-state index contributed by atoms with van der Waals surface area (Å²) in [7, 11) is 0. The van der Waals surface area contributed by atoms with E-state index in [1.54, 1.807) is 18.2 Å². The summed E-state index contributed by atoms with van der Waals surface area (Å²) in [6.07, 6.45) is 6.66. The number of urea groups is 1. The number of nitrogens with one attached hydrogen (secondary N) is 2. The molecule has 0 unspecified atom stereocenters. The molecule has 1 aromatic carbocycles. The number of rotatable bonds is 4. The van der Waals surface area contributed by atoms with E-state index in [-0.39, 0.29) is 17.8 Å². The highest BCUT2D eigenvalue weighted by Crippen LogP contribution is 2.26. The standard InChI is InChI=1S/C18H19ClN4O3/c1-11-8-14(22-17(25)23-16(24)12-4-2-3-5-12)6-7-15(11)26-18-20-9-13(19)10-21-18/h6-10,12H,2-5H2,1H3,(H2,22,23,24,25). The average Bonchev–Trinajstić information content (AvgIpc) is 3.14. The molecule has 0 atom stereocenters. The van der Waals surface area contributed by atoms with Crippen LogP contribution in [-0.4, -0.2) is 21.9 Å². The maximum atomic E-state index is 12.0. The average molecular weight is 375 g/mol. The van der Waals surface area contributed by atoms with E-state index in [1.165, 1.54) is 12.4 Å². The Balaban J connectivity index is 1.59. The Morgan fingerprint density at radius 3 is 2.54 bits per heavy atom. The highest BCUT2D eigenvalue weighted by molar-refractivity contribution is 6.30. The molecule has 0 bridgehead atoms. The zero-order chi connectivity index (χ0) is 18.5. The van der Waals surface area contributed by atoms with Gasteiger partial charge >= 0.3 is 12.0 Å². The molecular weight excluding hydrogens is 356 g/mol. The molecule has 0 aliphatic heterocycles. The molecule has 1 heterocycles. The van der Waals surface area contributed by atoms with E-state index < -0.39 is 6.03 Å². The van der Waals surface area contributed by atoms with E-state index in [9.17, 15) is 9.59 Å². The van der Waals surface area contributed by atoms with Crippen LogP contribution in [0.1, 0.15) is 31.2 Å². The molecule has 2 N–H and O–H groups in total. The minimum Gasteiger partial charge on any atom is -0.424 e. The fraction of sp³-hybridized carbons (Fsp3) is 0.333. The zero-order valence-corrected chi connectivity index (χ0v) is 15.0. The third-order valence-electron chi connectivity index (χ3n) is 4.19. The minimum atomic E-state index is -0.531. The molecule has 136 valence electrons. The molecule has 8 heteroatoms.